The largest absolute Gasteiger partial charge is 0.374 e. The van der Waals surface area contributed by atoms with Crippen molar-refractivity contribution in [2.75, 3.05) is 5.32 Å². The summed E-state index contributed by atoms with van der Waals surface area (Å²) in [6.07, 6.45) is 1.46. The first-order valence-electron chi connectivity index (χ1n) is 5.82. The average molecular weight is 290 g/mol. The molecule has 0 aliphatic rings. The molecule has 3 aromatic rings. The molecule has 1 N–H and O–H groups in total. The first-order valence-corrected chi connectivity index (χ1v) is 6.64. The lowest BCUT2D eigenvalue weighted by Gasteiger charge is -2.05. The van der Waals surface area contributed by atoms with Crippen LogP contribution in [0.1, 0.15) is 10.7 Å². The van der Waals surface area contributed by atoms with Gasteiger partial charge in [0.1, 0.15) is 17.6 Å². The number of benzene rings is 1. The molecule has 0 saturated carbocycles. The lowest BCUT2D eigenvalue weighted by atomic mass is 10.2. The molecule has 1 aromatic carbocycles. The van der Waals surface area contributed by atoms with Crippen LogP contribution >= 0.6 is 11.3 Å². The monoisotopic (exact) mass is 290 g/mol. The molecule has 0 radical (unpaired) electrons. The summed E-state index contributed by atoms with van der Waals surface area (Å²) in [5.74, 6) is 0. The predicted octanol–water partition coefficient (Wildman–Crippen LogP) is 3.11. The molecule has 0 amide bonds. The second kappa shape index (κ2) is 4.89. The van der Waals surface area contributed by atoms with Crippen LogP contribution in [-0.4, -0.2) is 15.1 Å². The van der Waals surface area contributed by atoms with E-state index >= 15 is 0 Å². The van der Waals surface area contributed by atoms with Gasteiger partial charge in [0, 0.05) is 12.1 Å². The molecule has 0 spiro atoms. The smallest absolute Gasteiger partial charge is 0.293 e. The summed E-state index contributed by atoms with van der Waals surface area (Å²) >= 11 is 1.44. The zero-order valence-electron chi connectivity index (χ0n) is 10.5. The quantitative estimate of drug-likeness (QED) is 0.586. The zero-order chi connectivity index (χ0) is 14.1. The molecule has 0 aliphatic heterocycles. The van der Waals surface area contributed by atoms with Crippen LogP contribution < -0.4 is 5.32 Å². The van der Waals surface area contributed by atoms with E-state index in [1.807, 2.05) is 6.92 Å². The van der Waals surface area contributed by atoms with E-state index in [9.17, 15) is 10.1 Å². The van der Waals surface area contributed by atoms with Crippen molar-refractivity contribution >= 4 is 32.9 Å². The Labute approximate surface area is 117 Å². The molecule has 7 nitrogen and oxygen atoms in total. The van der Waals surface area contributed by atoms with E-state index in [2.05, 4.69) is 15.5 Å². The lowest BCUT2D eigenvalue weighted by Crippen LogP contribution is -2.02. The maximum atomic E-state index is 11.1. The SMILES string of the molecule is Cc1nc2cc(NCc3ccon3)c([N+](=O)[O-])cc2s1. The molecular weight excluding hydrogens is 280 g/mol. The van der Waals surface area contributed by atoms with Crippen molar-refractivity contribution in [1.29, 1.82) is 0 Å². The first-order chi connectivity index (χ1) is 9.63. The number of anilines is 1. The standard InChI is InChI=1S/C12H10N4O3S/c1-7-14-10-4-9(13-6-8-2-3-19-15-8)11(16(17)18)5-12(10)20-7/h2-5,13H,6H2,1H3. The number of hydrogen-bond acceptors (Lipinski definition) is 7. The second-order valence-electron chi connectivity index (χ2n) is 4.17. The van der Waals surface area contributed by atoms with Gasteiger partial charge in [0.25, 0.3) is 5.69 Å². The Morgan fingerprint density at radius 3 is 3.05 bits per heavy atom. The highest BCUT2D eigenvalue weighted by Crippen LogP contribution is 2.33. The van der Waals surface area contributed by atoms with Crippen molar-refractivity contribution in [2.45, 2.75) is 13.5 Å². The highest BCUT2D eigenvalue weighted by molar-refractivity contribution is 7.18. The van der Waals surface area contributed by atoms with E-state index in [0.717, 1.165) is 15.2 Å². The normalized spacial score (nSPS) is 10.8. The van der Waals surface area contributed by atoms with Crippen molar-refractivity contribution in [1.82, 2.24) is 10.1 Å². The summed E-state index contributed by atoms with van der Waals surface area (Å²) in [6.45, 7) is 2.23. The molecule has 0 atom stereocenters. The van der Waals surface area contributed by atoms with E-state index < -0.39 is 4.92 Å². The Morgan fingerprint density at radius 2 is 2.35 bits per heavy atom. The van der Waals surface area contributed by atoms with E-state index in [4.69, 9.17) is 4.52 Å². The average Bonchev–Trinajstić information content (AvgIpc) is 3.02. The van der Waals surface area contributed by atoms with Gasteiger partial charge in [0.15, 0.2) is 0 Å². The van der Waals surface area contributed by atoms with Gasteiger partial charge in [0.05, 0.1) is 26.7 Å². The highest BCUT2D eigenvalue weighted by Gasteiger charge is 2.17. The summed E-state index contributed by atoms with van der Waals surface area (Å²) in [5.41, 5.74) is 1.88. The Hall–Kier alpha value is -2.48. The maximum Gasteiger partial charge on any atom is 0.293 e. The van der Waals surface area contributed by atoms with Crippen molar-refractivity contribution in [3.8, 4) is 0 Å². The maximum absolute atomic E-state index is 11.1. The molecule has 0 saturated heterocycles. The van der Waals surface area contributed by atoms with E-state index in [-0.39, 0.29) is 5.69 Å². The number of aryl methyl sites for hydroxylation is 1. The number of hydrogen-bond donors (Lipinski definition) is 1. The number of rotatable bonds is 4. The minimum atomic E-state index is -0.403. The summed E-state index contributed by atoms with van der Waals surface area (Å²) < 4.78 is 5.53. The van der Waals surface area contributed by atoms with Crippen LogP contribution in [0.4, 0.5) is 11.4 Å². The third kappa shape index (κ3) is 2.32. The topological polar surface area (TPSA) is 94.1 Å². The Bertz CT molecular complexity index is 766. The van der Waals surface area contributed by atoms with Gasteiger partial charge < -0.3 is 9.84 Å². The van der Waals surface area contributed by atoms with Crippen LogP contribution in [0.15, 0.2) is 29.0 Å². The molecule has 2 heterocycles. The van der Waals surface area contributed by atoms with Gasteiger partial charge in [-0.25, -0.2) is 4.98 Å². The van der Waals surface area contributed by atoms with Crippen LogP contribution in [0.3, 0.4) is 0 Å². The number of fused-ring (bicyclic) bond motifs is 1. The van der Waals surface area contributed by atoms with Gasteiger partial charge in [-0.1, -0.05) is 5.16 Å². The lowest BCUT2D eigenvalue weighted by molar-refractivity contribution is -0.383. The van der Waals surface area contributed by atoms with Gasteiger partial charge in [-0.2, -0.15) is 0 Å². The summed E-state index contributed by atoms with van der Waals surface area (Å²) in [7, 11) is 0. The van der Waals surface area contributed by atoms with Crippen LogP contribution in [0.2, 0.25) is 0 Å². The third-order valence-electron chi connectivity index (χ3n) is 2.76. The third-order valence-corrected chi connectivity index (χ3v) is 3.69. The highest BCUT2D eigenvalue weighted by atomic mass is 32.1. The van der Waals surface area contributed by atoms with Crippen molar-refractivity contribution in [2.24, 2.45) is 0 Å². The first kappa shape index (κ1) is 12.5. The zero-order valence-corrected chi connectivity index (χ0v) is 11.3. The number of nitro benzene ring substituents is 1. The van der Waals surface area contributed by atoms with Gasteiger partial charge in [-0.15, -0.1) is 11.3 Å². The fourth-order valence-corrected chi connectivity index (χ4v) is 2.73. The molecule has 3 rings (SSSR count). The fourth-order valence-electron chi connectivity index (χ4n) is 1.89. The summed E-state index contributed by atoms with van der Waals surface area (Å²) in [6, 6.07) is 4.94. The van der Waals surface area contributed by atoms with Crippen LogP contribution in [0.5, 0.6) is 0 Å². The number of nitrogens with one attached hydrogen (secondary N) is 1. The summed E-state index contributed by atoms with van der Waals surface area (Å²) in [5, 5.41) is 18.8. The number of thiazole rings is 1. The van der Waals surface area contributed by atoms with Crippen LogP contribution in [0.25, 0.3) is 10.2 Å². The predicted molar refractivity (Wildman–Crippen MR) is 74.8 cm³/mol. The molecule has 0 fully saturated rings. The molecule has 2 aromatic heterocycles. The second-order valence-corrected chi connectivity index (χ2v) is 5.41. The molecule has 102 valence electrons. The molecule has 20 heavy (non-hydrogen) atoms. The fraction of sp³-hybridized carbons (Fsp3) is 0.167. The van der Waals surface area contributed by atoms with Crippen molar-refractivity contribution < 1.29 is 9.45 Å². The van der Waals surface area contributed by atoms with Gasteiger partial charge in [-0.05, 0) is 13.0 Å². The van der Waals surface area contributed by atoms with Crippen LogP contribution in [-0.2, 0) is 6.54 Å². The molecule has 0 aliphatic carbocycles. The van der Waals surface area contributed by atoms with E-state index in [0.29, 0.717) is 17.9 Å². The van der Waals surface area contributed by atoms with Gasteiger partial charge in [0.2, 0.25) is 0 Å². The number of aromatic nitrogens is 2. The van der Waals surface area contributed by atoms with Crippen molar-refractivity contribution in [3.63, 3.8) is 0 Å². The summed E-state index contributed by atoms with van der Waals surface area (Å²) in [4.78, 5) is 15.1. The molecule has 0 unspecified atom stereocenters. The Kier molecular flexibility index (Phi) is 3.07. The number of nitrogens with zero attached hydrogens (tertiary/aromatic N) is 3. The van der Waals surface area contributed by atoms with Crippen molar-refractivity contribution in [3.05, 3.63) is 45.3 Å². The van der Waals surface area contributed by atoms with E-state index in [1.54, 1.807) is 18.2 Å². The van der Waals surface area contributed by atoms with E-state index in [1.165, 1.54) is 17.6 Å². The molecule has 0 bridgehead atoms. The molecular formula is C12H10N4O3S. The minimum absolute atomic E-state index is 0.0321. The minimum Gasteiger partial charge on any atom is -0.374 e. The Balaban J connectivity index is 1.98. The number of nitro groups is 1. The molecule has 8 heteroatoms. The van der Waals surface area contributed by atoms with Gasteiger partial charge >= 0.3 is 0 Å². The Morgan fingerprint density at radius 1 is 1.50 bits per heavy atom. The van der Waals surface area contributed by atoms with Crippen LogP contribution in [0, 0.1) is 17.0 Å². The van der Waals surface area contributed by atoms with Gasteiger partial charge in [-0.3, -0.25) is 10.1 Å².